The topological polar surface area (TPSA) is 29.1 Å². The number of carbonyl (C=O) groups excluding carboxylic acids is 1. The van der Waals surface area contributed by atoms with Gasteiger partial charge >= 0.3 is 0 Å². The highest BCUT2D eigenvalue weighted by molar-refractivity contribution is 5.96. The van der Waals surface area contributed by atoms with E-state index in [2.05, 4.69) is 23.5 Å². The molecule has 0 aliphatic heterocycles. The van der Waals surface area contributed by atoms with Gasteiger partial charge in [0.15, 0.2) is 0 Å². The Kier molecular flexibility index (Phi) is 2.85. The van der Waals surface area contributed by atoms with Crippen molar-refractivity contribution in [3.8, 4) is 0 Å². The maximum absolute atomic E-state index is 11.6. The first-order valence-electron chi connectivity index (χ1n) is 6.29. The fraction of sp³-hybridized carbons (Fsp3) is 0.188. The molecule has 0 bridgehead atoms. The van der Waals surface area contributed by atoms with Crippen molar-refractivity contribution in [1.82, 2.24) is 5.32 Å². The third kappa shape index (κ3) is 2.43. The monoisotopic (exact) mass is 237 g/mol. The van der Waals surface area contributed by atoms with Crippen LogP contribution in [0.1, 0.15) is 18.4 Å². The second-order valence-corrected chi connectivity index (χ2v) is 4.68. The summed E-state index contributed by atoms with van der Waals surface area (Å²) in [6, 6.07) is 14.7. The Morgan fingerprint density at radius 3 is 2.72 bits per heavy atom. The van der Waals surface area contributed by atoms with E-state index in [1.807, 2.05) is 30.3 Å². The molecule has 1 amide bonds. The summed E-state index contributed by atoms with van der Waals surface area (Å²) in [5.74, 6) is 0.00503. The Bertz CT molecular complexity index is 606. The number of hydrogen-bond acceptors (Lipinski definition) is 1. The summed E-state index contributed by atoms with van der Waals surface area (Å²) in [6.45, 7) is 0. The molecule has 0 radical (unpaired) electrons. The Labute approximate surface area is 106 Å². The largest absolute Gasteiger partial charge is 0.350 e. The summed E-state index contributed by atoms with van der Waals surface area (Å²) >= 11 is 0. The maximum Gasteiger partial charge on any atom is 0.244 e. The van der Waals surface area contributed by atoms with E-state index in [0.29, 0.717) is 6.04 Å². The van der Waals surface area contributed by atoms with E-state index in [0.717, 1.165) is 18.4 Å². The van der Waals surface area contributed by atoms with Gasteiger partial charge in [-0.15, -0.1) is 0 Å². The van der Waals surface area contributed by atoms with Gasteiger partial charge < -0.3 is 5.32 Å². The minimum absolute atomic E-state index is 0.00503. The maximum atomic E-state index is 11.6. The number of rotatable bonds is 3. The third-order valence-electron chi connectivity index (χ3n) is 3.16. The molecule has 0 aromatic heterocycles. The normalized spacial score (nSPS) is 15.1. The fourth-order valence-electron chi connectivity index (χ4n) is 2.04. The molecular formula is C16H15NO. The Morgan fingerprint density at radius 1 is 1.11 bits per heavy atom. The number of hydrogen-bond donors (Lipinski definition) is 1. The predicted octanol–water partition coefficient (Wildman–Crippen LogP) is 3.13. The lowest BCUT2D eigenvalue weighted by molar-refractivity contribution is -0.116. The molecule has 18 heavy (non-hydrogen) atoms. The molecule has 2 heteroatoms. The van der Waals surface area contributed by atoms with Crippen LogP contribution in [0.15, 0.2) is 48.5 Å². The zero-order valence-corrected chi connectivity index (χ0v) is 10.1. The molecule has 0 saturated heterocycles. The molecule has 2 aromatic carbocycles. The summed E-state index contributed by atoms with van der Waals surface area (Å²) in [6.07, 6.45) is 5.75. The van der Waals surface area contributed by atoms with Crippen LogP contribution < -0.4 is 5.32 Å². The van der Waals surface area contributed by atoms with E-state index < -0.39 is 0 Å². The van der Waals surface area contributed by atoms with Crippen LogP contribution in [-0.2, 0) is 4.79 Å². The van der Waals surface area contributed by atoms with Gasteiger partial charge in [-0.2, -0.15) is 0 Å². The first-order chi connectivity index (χ1) is 8.83. The Balaban J connectivity index is 1.85. The number of benzene rings is 2. The van der Waals surface area contributed by atoms with Gasteiger partial charge in [0.1, 0.15) is 0 Å². The molecule has 0 unspecified atom stereocenters. The van der Waals surface area contributed by atoms with Crippen LogP contribution in [-0.4, -0.2) is 11.9 Å². The smallest absolute Gasteiger partial charge is 0.244 e. The highest BCUT2D eigenvalue weighted by Gasteiger charge is 2.21. The van der Waals surface area contributed by atoms with E-state index >= 15 is 0 Å². The summed E-state index contributed by atoms with van der Waals surface area (Å²) in [7, 11) is 0. The van der Waals surface area contributed by atoms with Gasteiger partial charge in [0, 0.05) is 12.1 Å². The van der Waals surface area contributed by atoms with Gasteiger partial charge in [0.2, 0.25) is 5.91 Å². The molecule has 0 heterocycles. The van der Waals surface area contributed by atoms with Crippen LogP contribution >= 0.6 is 0 Å². The van der Waals surface area contributed by atoms with Crippen molar-refractivity contribution in [2.24, 2.45) is 0 Å². The quantitative estimate of drug-likeness (QED) is 0.816. The van der Waals surface area contributed by atoms with Gasteiger partial charge in [0.05, 0.1) is 0 Å². The molecule has 1 fully saturated rings. The van der Waals surface area contributed by atoms with E-state index in [-0.39, 0.29) is 5.91 Å². The van der Waals surface area contributed by atoms with Gasteiger partial charge in [-0.25, -0.2) is 0 Å². The molecule has 3 rings (SSSR count). The summed E-state index contributed by atoms with van der Waals surface area (Å²) in [5.41, 5.74) is 1.08. The van der Waals surface area contributed by atoms with Crippen LogP contribution in [0.2, 0.25) is 0 Å². The van der Waals surface area contributed by atoms with Crippen molar-refractivity contribution >= 4 is 22.8 Å². The second kappa shape index (κ2) is 4.65. The lowest BCUT2D eigenvalue weighted by Gasteiger charge is -2.02. The first kappa shape index (κ1) is 11.0. The molecule has 0 atom stereocenters. The van der Waals surface area contributed by atoms with E-state index in [1.165, 1.54) is 10.8 Å². The van der Waals surface area contributed by atoms with Crippen molar-refractivity contribution in [2.45, 2.75) is 18.9 Å². The molecule has 2 nitrogen and oxygen atoms in total. The molecule has 1 saturated carbocycles. The number of amides is 1. The SMILES string of the molecule is O=C(/C=C/c1cccc2ccccc12)NC1CC1. The van der Waals surface area contributed by atoms with Crippen molar-refractivity contribution in [1.29, 1.82) is 0 Å². The van der Waals surface area contributed by atoms with Crippen molar-refractivity contribution in [3.63, 3.8) is 0 Å². The molecule has 1 N–H and O–H groups in total. The lowest BCUT2D eigenvalue weighted by atomic mass is 10.0. The van der Waals surface area contributed by atoms with Crippen molar-refractivity contribution < 1.29 is 4.79 Å². The average molecular weight is 237 g/mol. The van der Waals surface area contributed by atoms with Crippen LogP contribution in [0, 0.1) is 0 Å². The van der Waals surface area contributed by atoms with Crippen molar-refractivity contribution in [3.05, 3.63) is 54.1 Å². The molecule has 0 spiro atoms. The van der Waals surface area contributed by atoms with Gasteiger partial charge in [-0.3, -0.25) is 4.79 Å². The zero-order chi connectivity index (χ0) is 12.4. The lowest BCUT2D eigenvalue weighted by Crippen LogP contribution is -2.22. The third-order valence-corrected chi connectivity index (χ3v) is 3.16. The van der Waals surface area contributed by atoms with Crippen LogP contribution in [0.3, 0.4) is 0 Å². The summed E-state index contributed by atoms with van der Waals surface area (Å²) in [5, 5.41) is 5.32. The van der Waals surface area contributed by atoms with Gasteiger partial charge in [0.25, 0.3) is 0 Å². The van der Waals surface area contributed by atoms with Gasteiger partial charge in [-0.05, 0) is 35.3 Å². The second-order valence-electron chi connectivity index (χ2n) is 4.68. The zero-order valence-electron chi connectivity index (χ0n) is 10.1. The first-order valence-corrected chi connectivity index (χ1v) is 6.29. The van der Waals surface area contributed by atoms with Crippen LogP contribution in [0.25, 0.3) is 16.8 Å². The molecule has 90 valence electrons. The molecule has 2 aromatic rings. The Hall–Kier alpha value is -2.09. The van der Waals surface area contributed by atoms with E-state index in [1.54, 1.807) is 6.08 Å². The molecule has 1 aliphatic rings. The highest BCUT2D eigenvalue weighted by atomic mass is 16.1. The van der Waals surface area contributed by atoms with Crippen LogP contribution in [0.4, 0.5) is 0 Å². The van der Waals surface area contributed by atoms with Gasteiger partial charge in [-0.1, -0.05) is 42.5 Å². The number of carbonyl (C=O) groups is 1. The van der Waals surface area contributed by atoms with E-state index in [4.69, 9.17) is 0 Å². The minimum atomic E-state index is 0.00503. The summed E-state index contributed by atoms with van der Waals surface area (Å²) < 4.78 is 0. The minimum Gasteiger partial charge on any atom is -0.350 e. The standard InChI is InChI=1S/C16H15NO/c18-16(17-14-9-10-14)11-8-13-6-3-5-12-4-1-2-7-15(12)13/h1-8,11,14H,9-10H2,(H,17,18)/b11-8+. The van der Waals surface area contributed by atoms with Crippen LogP contribution in [0.5, 0.6) is 0 Å². The Morgan fingerprint density at radius 2 is 1.89 bits per heavy atom. The molecular weight excluding hydrogens is 222 g/mol. The summed E-state index contributed by atoms with van der Waals surface area (Å²) in [4.78, 5) is 11.6. The van der Waals surface area contributed by atoms with E-state index in [9.17, 15) is 4.79 Å². The number of fused-ring (bicyclic) bond motifs is 1. The number of nitrogens with one attached hydrogen (secondary N) is 1. The molecule has 1 aliphatic carbocycles. The van der Waals surface area contributed by atoms with Crippen molar-refractivity contribution in [2.75, 3.05) is 0 Å². The fourth-order valence-corrected chi connectivity index (χ4v) is 2.04. The predicted molar refractivity (Wildman–Crippen MR) is 74.1 cm³/mol. The highest BCUT2D eigenvalue weighted by Crippen LogP contribution is 2.20. The average Bonchev–Trinajstić information content (AvgIpc) is 3.20.